The first kappa shape index (κ1) is 21.3. The van der Waals surface area contributed by atoms with Gasteiger partial charge in [0, 0.05) is 52.3 Å². The number of rotatable bonds is 4. The summed E-state index contributed by atoms with van der Waals surface area (Å²) in [6.45, 7) is 7.52. The molecule has 0 bridgehead atoms. The lowest BCUT2D eigenvalue weighted by Gasteiger charge is -2.46. The first-order valence-corrected chi connectivity index (χ1v) is 13.1. The lowest BCUT2D eigenvalue weighted by molar-refractivity contribution is 0.0623. The molecule has 7 rings (SSSR count). The van der Waals surface area contributed by atoms with E-state index in [0.717, 1.165) is 44.6 Å². The van der Waals surface area contributed by atoms with Crippen LogP contribution in [-0.2, 0) is 12.8 Å². The molecule has 5 nitrogen and oxygen atoms in total. The van der Waals surface area contributed by atoms with Crippen LogP contribution in [0.2, 0.25) is 0 Å². The normalized spacial score (nSPS) is 26.3. The Kier molecular flexibility index (Phi) is 5.04. The van der Waals surface area contributed by atoms with Gasteiger partial charge in [-0.3, -0.25) is 4.90 Å². The molecular formula is C30H34N4O. The molecule has 5 heteroatoms. The molecule has 0 aliphatic carbocycles. The first-order chi connectivity index (χ1) is 17.2. The number of methoxy groups -OCH3 is 1. The van der Waals surface area contributed by atoms with Gasteiger partial charge < -0.3 is 20.0 Å². The summed E-state index contributed by atoms with van der Waals surface area (Å²) in [6.07, 6.45) is 6.69. The molecule has 3 N–H and O–H groups in total. The molecule has 1 fully saturated rings. The van der Waals surface area contributed by atoms with Crippen LogP contribution in [0.3, 0.4) is 0 Å². The molecule has 3 aliphatic rings. The molecular weight excluding hydrogens is 432 g/mol. The minimum atomic E-state index is 0.334. The summed E-state index contributed by atoms with van der Waals surface area (Å²) in [5.41, 5.74) is 8.26. The van der Waals surface area contributed by atoms with Crippen LogP contribution in [0.1, 0.15) is 47.4 Å². The van der Waals surface area contributed by atoms with Crippen molar-refractivity contribution in [1.82, 2.24) is 20.2 Å². The third-order valence-corrected chi connectivity index (χ3v) is 8.94. The first-order valence-electron chi connectivity index (χ1n) is 13.1. The molecule has 0 unspecified atom stereocenters. The molecule has 2 aromatic carbocycles. The number of nitrogens with one attached hydrogen (secondary N) is 3. The van der Waals surface area contributed by atoms with Crippen LogP contribution in [0, 0.1) is 11.8 Å². The van der Waals surface area contributed by atoms with Crippen molar-refractivity contribution >= 4 is 21.8 Å². The summed E-state index contributed by atoms with van der Waals surface area (Å²) < 4.78 is 5.73. The lowest BCUT2D eigenvalue weighted by atomic mass is 9.75. The topological polar surface area (TPSA) is 56.1 Å². The lowest BCUT2D eigenvalue weighted by Crippen LogP contribution is -2.46. The van der Waals surface area contributed by atoms with E-state index in [9.17, 15) is 0 Å². The van der Waals surface area contributed by atoms with E-state index in [1.54, 1.807) is 12.7 Å². The Morgan fingerprint density at radius 2 is 1.89 bits per heavy atom. The van der Waals surface area contributed by atoms with E-state index in [2.05, 4.69) is 75.3 Å². The van der Waals surface area contributed by atoms with Gasteiger partial charge in [-0.2, -0.15) is 0 Å². The maximum Gasteiger partial charge on any atom is 0.128 e. The van der Waals surface area contributed by atoms with Crippen LogP contribution >= 0.6 is 0 Å². The molecule has 0 radical (unpaired) electrons. The minimum absolute atomic E-state index is 0.334. The number of piperidine rings is 1. The van der Waals surface area contributed by atoms with Crippen molar-refractivity contribution in [3.8, 4) is 5.75 Å². The zero-order valence-corrected chi connectivity index (χ0v) is 20.4. The summed E-state index contributed by atoms with van der Waals surface area (Å²) in [4.78, 5) is 10.3. The second-order valence-electron chi connectivity index (χ2n) is 10.6. The summed E-state index contributed by atoms with van der Waals surface area (Å²) in [6, 6.07) is 16.0. The Labute approximate surface area is 206 Å². The second-order valence-corrected chi connectivity index (χ2v) is 10.6. The fourth-order valence-corrected chi connectivity index (χ4v) is 7.28. The van der Waals surface area contributed by atoms with E-state index in [4.69, 9.17) is 4.74 Å². The maximum absolute atomic E-state index is 5.73. The minimum Gasteiger partial charge on any atom is -0.496 e. The van der Waals surface area contributed by atoms with E-state index in [1.165, 1.54) is 45.2 Å². The van der Waals surface area contributed by atoms with Gasteiger partial charge in [0.25, 0.3) is 0 Å². The van der Waals surface area contributed by atoms with Crippen LogP contribution in [0.15, 0.2) is 55.1 Å². The van der Waals surface area contributed by atoms with E-state index >= 15 is 0 Å². The third kappa shape index (κ3) is 3.29. The number of nitrogens with zero attached hydrogens (tertiary/aromatic N) is 1. The van der Waals surface area contributed by atoms with Crippen LogP contribution < -0.4 is 10.1 Å². The SMILES string of the molecule is C=C[C@H]1CN2CCc3c([nH]c4ccccc34)[C@@H]2C[C@@H]1C[C@@H]1NCCc2c1[nH]c1cccc(OC)c21. The van der Waals surface area contributed by atoms with Gasteiger partial charge in [-0.1, -0.05) is 30.3 Å². The van der Waals surface area contributed by atoms with E-state index < -0.39 is 0 Å². The third-order valence-electron chi connectivity index (χ3n) is 8.94. The number of ether oxygens (including phenoxy) is 1. The van der Waals surface area contributed by atoms with Crippen LogP contribution in [-0.4, -0.2) is 41.6 Å². The van der Waals surface area contributed by atoms with Crippen molar-refractivity contribution in [2.75, 3.05) is 26.7 Å². The summed E-state index contributed by atoms with van der Waals surface area (Å²) >= 11 is 0. The van der Waals surface area contributed by atoms with E-state index in [1.807, 2.05) is 0 Å². The highest BCUT2D eigenvalue weighted by Crippen LogP contribution is 2.46. The Morgan fingerprint density at radius 1 is 1.03 bits per heavy atom. The molecule has 3 aliphatic heterocycles. The number of aromatic nitrogens is 2. The number of para-hydroxylation sites is 1. The van der Waals surface area contributed by atoms with Gasteiger partial charge in [0.2, 0.25) is 0 Å². The van der Waals surface area contributed by atoms with Crippen LogP contribution in [0.5, 0.6) is 5.75 Å². The van der Waals surface area contributed by atoms with Gasteiger partial charge >= 0.3 is 0 Å². The van der Waals surface area contributed by atoms with E-state index in [0.29, 0.717) is 23.9 Å². The maximum atomic E-state index is 5.73. The smallest absolute Gasteiger partial charge is 0.128 e. The van der Waals surface area contributed by atoms with Gasteiger partial charge in [0.15, 0.2) is 0 Å². The zero-order valence-electron chi connectivity index (χ0n) is 20.4. The molecule has 0 saturated carbocycles. The summed E-state index contributed by atoms with van der Waals surface area (Å²) in [7, 11) is 1.78. The highest BCUT2D eigenvalue weighted by molar-refractivity contribution is 5.91. The monoisotopic (exact) mass is 466 g/mol. The largest absolute Gasteiger partial charge is 0.496 e. The predicted molar refractivity (Wildman–Crippen MR) is 142 cm³/mol. The molecule has 1 saturated heterocycles. The number of aromatic amines is 2. The average Bonchev–Trinajstić information content (AvgIpc) is 3.47. The Hall–Kier alpha value is -3.02. The molecule has 4 aromatic rings. The number of hydrogen-bond donors (Lipinski definition) is 3. The van der Waals surface area contributed by atoms with Crippen molar-refractivity contribution in [2.24, 2.45) is 11.8 Å². The van der Waals surface area contributed by atoms with Gasteiger partial charge in [-0.25, -0.2) is 0 Å². The molecule has 4 atom stereocenters. The molecule has 0 spiro atoms. The van der Waals surface area contributed by atoms with Crippen molar-refractivity contribution in [2.45, 2.75) is 37.8 Å². The summed E-state index contributed by atoms with van der Waals surface area (Å²) in [5.74, 6) is 2.08. The average molecular weight is 467 g/mol. The van der Waals surface area contributed by atoms with Gasteiger partial charge in [0.1, 0.15) is 5.75 Å². The standard InChI is InChI=1S/C30H34N4O/c1-3-18-17-34-14-12-21-20-7-4-5-8-23(20)32-30(21)26(34)16-19(18)15-25-29-22(11-13-31-25)28-24(33-29)9-6-10-27(28)35-2/h3-10,18-19,25-26,31-33H,1,11-17H2,2H3/t18-,19-,25-,26-/m0/s1. The quantitative estimate of drug-likeness (QED) is 0.340. The number of hydrogen-bond acceptors (Lipinski definition) is 3. The second kappa shape index (κ2) is 8.28. The van der Waals surface area contributed by atoms with Crippen molar-refractivity contribution in [1.29, 1.82) is 0 Å². The van der Waals surface area contributed by atoms with Crippen molar-refractivity contribution in [3.05, 3.63) is 77.6 Å². The fourth-order valence-electron chi connectivity index (χ4n) is 7.28. The molecule has 180 valence electrons. The number of H-pyrrole nitrogens is 2. The van der Waals surface area contributed by atoms with Crippen LogP contribution in [0.25, 0.3) is 21.8 Å². The van der Waals surface area contributed by atoms with Gasteiger partial charge in [-0.15, -0.1) is 6.58 Å². The highest BCUT2D eigenvalue weighted by Gasteiger charge is 2.40. The fraction of sp³-hybridized carbons (Fsp3) is 0.400. The molecule has 35 heavy (non-hydrogen) atoms. The number of benzene rings is 2. The van der Waals surface area contributed by atoms with Gasteiger partial charge in [-0.05, 0) is 73.4 Å². The zero-order chi connectivity index (χ0) is 23.5. The highest BCUT2D eigenvalue weighted by atomic mass is 16.5. The Balaban J connectivity index is 1.22. The van der Waals surface area contributed by atoms with E-state index in [-0.39, 0.29) is 0 Å². The number of fused-ring (bicyclic) bond motifs is 8. The van der Waals surface area contributed by atoms with Crippen molar-refractivity contribution in [3.63, 3.8) is 0 Å². The molecule has 5 heterocycles. The van der Waals surface area contributed by atoms with Crippen LogP contribution in [0.4, 0.5) is 0 Å². The summed E-state index contributed by atoms with van der Waals surface area (Å²) in [5, 5.41) is 6.53. The Bertz CT molecular complexity index is 1410. The van der Waals surface area contributed by atoms with Gasteiger partial charge in [0.05, 0.1) is 13.2 Å². The molecule has 2 aromatic heterocycles. The predicted octanol–water partition coefficient (Wildman–Crippen LogP) is 5.66. The Morgan fingerprint density at radius 3 is 2.77 bits per heavy atom. The molecule has 0 amide bonds. The van der Waals surface area contributed by atoms with Crippen molar-refractivity contribution < 1.29 is 4.74 Å².